The van der Waals surface area contributed by atoms with Gasteiger partial charge in [0.2, 0.25) is 0 Å². The van der Waals surface area contributed by atoms with Crippen LogP contribution in [0.5, 0.6) is 0 Å². The van der Waals surface area contributed by atoms with Crippen LogP contribution in [0.25, 0.3) is 0 Å². The highest BCUT2D eigenvalue weighted by molar-refractivity contribution is 5.66. The third-order valence-corrected chi connectivity index (χ3v) is 2.30. The van der Waals surface area contributed by atoms with Crippen LogP contribution in [-0.4, -0.2) is 6.09 Å². The van der Waals surface area contributed by atoms with E-state index in [1.54, 1.807) is 0 Å². The first-order chi connectivity index (χ1) is 6.23. The Morgan fingerprint density at radius 1 is 1.31 bits per heavy atom. The van der Waals surface area contributed by atoms with Gasteiger partial charge in [-0.1, -0.05) is 30.3 Å². The second-order valence-corrected chi connectivity index (χ2v) is 3.28. The van der Waals surface area contributed by atoms with Crippen LogP contribution in [-0.2, 0) is 10.3 Å². The fraction of sp³-hybridized carbons (Fsp3) is 0.300. The number of nitrogens with two attached hydrogens (primary N) is 1. The molecule has 0 unspecified atom stereocenters. The van der Waals surface area contributed by atoms with Gasteiger partial charge in [-0.2, -0.15) is 0 Å². The zero-order valence-electron chi connectivity index (χ0n) is 7.19. The van der Waals surface area contributed by atoms with E-state index in [2.05, 4.69) is 0 Å². The lowest BCUT2D eigenvalue weighted by molar-refractivity contribution is 0.0900. The van der Waals surface area contributed by atoms with Gasteiger partial charge in [0, 0.05) is 0 Å². The van der Waals surface area contributed by atoms with Crippen molar-refractivity contribution in [3.63, 3.8) is 0 Å². The molecule has 0 aliphatic heterocycles. The quantitative estimate of drug-likeness (QED) is 0.748. The molecule has 2 N–H and O–H groups in total. The predicted molar refractivity (Wildman–Crippen MR) is 48.0 cm³/mol. The van der Waals surface area contributed by atoms with E-state index in [1.165, 1.54) is 0 Å². The number of primary amides is 1. The minimum Gasteiger partial charge on any atom is -0.438 e. The van der Waals surface area contributed by atoms with Crippen LogP contribution in [0.15, 0.2) is 30.3 Å². The molecule has 0 radical (unpaired) electrons. The Morgan fingerprint density at radius 2 is 1.92 bits per heavy atom. The van der Waals surface area contributed by atoms with Gasteiger partial charge in [0.15, 0.2) is 0 Å². The lowest BCUT2D eigenvalue weighted by Crippen LogP contribution is -2.22. The normalized spacial score (nSPS) is 17.8. The van der Waals surface area contributed by atoms with Crippen molar-refractivity contribution < 1.29 is 9.53 Å². The number of ether oxygens (including phenoxy) is 1. The molecular weight excluding hydrogens is 166 g/mol. The fourth-order valence-corrected chi connectivity index (χ4v) is 1.50. The molecule has 3 nitrogen and oxygen atoms in total. The standard InChI is InChI=1S/C10H11NO2/c11-9(12)13-10(6-7-10)8-4-2-1-3-5-8/h1-5H,6-7H2,(H2,11,12). The van der Waals surface area contributed by atoms with Crippen molar-refractivity contribution in [1.29, 1.82) is 0 Å². The maximum atomic E-state index is 10.6. The number of carbonyl (C=O) groups is 1. The fourth-order valence-electron chi connectivity index (χ4n) is 1.50. The van der Waals surface area contributed by atoms with Gasteiger partial charge < -0.3 is 10.5 Å². The lowest BCUT2D eigenvalue weighted by Gasteiger charge is -2.14. The largest absolute Gasteiger partial charge is 0.438 e. The average Bonchev–Trinajstić information content (AvgIpc) is 2.86. The molecular formula is C10H11NO2. The highest BCUT2D eigenvalue weighted by Gasteiger charge is 2.48. The van der Waals surface area contributed by atoms with Gasteiger partial charge in [0.1, 0.15) is 5.60 Å². The van der Waals surface area contributed by atoms with E-state index < -0.39 is 11.7 Å². The maximum Gasteiger partial charge on any atom is 0.405 e. The summed E-state index contributed by atoms with van der Waals surface area (Å²) in [6.45, 7) is 0. The SMILES string of the molecule is NC(=O)OC1(c2ccccc2)CC1. The van der Waals surface area contributed by atoms with Gasteiger partial charge in [-0.3, -0.25) is 0 Å². The first kappa shape index (κ1) is 8.10. The number of rotatable bonds is 2. The first-order valence-corrected chi connectivity index (χ1v) is 4.27. The smallest absolute Gasteiger partial charge is 0.405 e. The van der Waals surface area contributed by atoms with Crippen LogP contribution >= 0.6 is 0 Å². The molecule has 1 saturated carbocycles. The summed E-state index contributed by atoms with van der Waals surface area (Å²) < 4.78 is 5.07. The van der Waals surface area contributed by atoms with Crippen LogP contribution in [0.4, 0.5) is 4.79 Å². The molecule has 1 aromatic carbocycles. The second kappa shape index (κ2) is 2.76. The molecule has 1 fully saturated rings. The molecule has 1 aliphatic rings. The minimum atomic E-state index is -0.693. The Hall–Kier alpha value is -1.51. The van der Waals surface area contributed by atoms with Crippen LogP contribution in [0.3, 0.4) is 0 Å². The van der Waals surface area contributed by atoms with Crippen molar-refractivity contribution in [2.24, 2.45) is 5.73 Å². The van der Waals surface area contributed by atoms with E-state index in [1.807, 2.05) is 30.3 Å². The molecule has 1 amide bonds. The number of benzene rings is 1. The molecule has 13 heavy (non-hydrogen) atoms. The van der Waals surface area contributed by atoms with E-state index in [0.717, 1.165) is 18.4 Å². The Bertz CT molecular complexity index is 317. The third-order valence-electron chi connectivity index (χ3n) is 2.30. The van der Waals surface area contributed by atoms with Crippen molar-refractivity contribution in [2.75, 3.05) is 0 Å². The van der Waals surface area contributed by atoms with Crippen molar-refractivity contribution >= 4 is 6.09 Å². The van der Waals surface area contributed by atoms with Gasteiger partial charge in [-0.15, -0.1) is 0 Å². The summed E-state index contributed by atoms with van der Waals surface area (Å²) in [7, 11) is 0. The van der Waals surface area contributed by atoms with Gasteiger partial charge >= 0.3 is 6.09 Å². The number of amides is 1. The van der Waals surface area contributed by atoms with Crippen molar-refractivity contribution in [2.45, 2.75) is 18.4 Å². The van der Waals surface area contributed by atoms with Crippen molar-refractivity contribution in [1.82, 2.24) is 0 Å². The van der Waals surface area contributed by atoms with Gasteiger partial charge in [-0.25, -0.2) is 4.79 Å². The van der Waals surface area contributed by atoms with E-state index in [4.69, 9.17) is 10.5 Å². The van der Waals surface area contributed by atoms with E-state index in [9.17, 15) is 4.79 Å². The van der Waals surface area contributed by atoms with Crippen molar-refractivity contribution in [3.8, 4) is 0 Å². The van der Waals surface area contributed by atoms with Crippen LogP contribution in [0.2, 0.25) is 0 Å². The number of carbonyl (C=O) groups excluding carboxylic acids is 1. The van der Waals surface area contributed by atoms with E-state index >= 15 is 0 Å². The Kier molecular flexibility index (Phi) is 1.72. The predicted octanol–water partition coefficient (Wildman–Crippen LogP) is 1.77. The molecule has 0 aromatic heterocycles. The topological polar surface area (TPSA) is 52.3 Å². The molecule has 0 atom stereocenters. The summed E-state index contributed by atoms with van der Waals surface area (Å²) in [6, 6.07) is 9.70. The Balaban J connectivity index is 2.21. The summed E-state index contributed by atoms with van der Waals surface area (Å²) in [6.07, 6.45) is 1.06. The number of hydrogen-bond acceptors (Lipinski definition) is 2. The molecule has 2 rings (SSSR count). The summed E-state index contributed by atoms with van der Waals surface area (Å²) in [4.78, 5) is 10.6. The highest BCUT2D eigenvalue weighted by Crippen LogP contribution is 2.48. The van der Waals surface area contributed by atoms with Gasteiger partial charge in [0.25, 0.3) is 0 Å². The molecule has 68 valence electrons. The van der Waals surface area contributed by atoms with E-state index in [-0.39, 0.29) is 0 Å². The monoisotopic (exact) mass is 177 g/mol. The Labute approximate surface area is 76.5 Å². The summed E-state index contributed by atoms with van der Waals surface area (Å²) in [5.41, 5.74) is 5.62. The first-order valence-electron chi connectivity index (χ1n) is 4.27. The van der Waals surface area contributed by atoms with Gasteiger partial charge in [-0.05, 0) is 18.4 Å². The molecule has 3 heteroatoms. The summed E-state index contributed by atoms with van der Waals surface area (Å²) in [5, 5.41) is 0. The zero-order valence-corrected chi connectivity index (χ0v) is 7.19. The molecule has 0 saturated heterocycles. The van der Waals surface area contributed by atoms with Gasteiger partial charge in [0.05, 0.1) is 0 Å². The molecule has 1 aromatic rings. The Morgan fingerprint density at radius 3 is 2.38 bits per heavy atom. The molecule has 0 spiro atoms. The van der Waals surface area contributed by atoms with Crippen LogP contribution in [0.1, 0.15) is 18.4 Å². The van der Waals surface area contributed by atoms with E-state index in [0.29, 0.717) is 0 Å². The molecule has 0 bridgehead atoms. The summed E-state index contributed by atoms with van der Waals surface area (Å²) >= 11 is 0. The lowest BCUT2D eigenvalue weighted by atomic mass is 10.1. The summed E-state index contributed by atoms with van der Waals surface area (Å²) in [5.74, 6) is 0. The average molecular weight is 177 g/mol. The van der Waals surface area contributed by atoms with Crippen LogP contribution in [0, 0.1) is 0 Å². The molecule has 1 aliphatic carbocycles. The number of hydrogen-bond donors (Lipinski definition) is 1. The highest BCUT2D eigenvalue weighted by atomic mass is 16.6. The molecule has 0 heterocycles. The second-order valence-electron chi connectivity index (χ2n) is 3.28. The maximum absolute atomic E-state index is 10.6. The van der Waals surface area contributed by atoms with Crippen molar-refractivity contribution in [3.05, 3.63) is 35.9 Å². The van der Waals surface area contributed by atoms with Crippen LogP contribution < -0.4 is 5.73 Å². The minimum absolute atomic E-state index is 0.410. The third kappa shape index (κ3) is 1.49. The zero-order chi connectivity index (χ0) is 9.31.